The molecule has 0 aliphatic rings. The van der Waals surface area contributed by atoms with Crippen molar-refractivity contribution in [3.8, 4) is 0 Å². The monoisotopic (exact) mass is 196 g/mol. The molecule has 3 heteroatoms. The lowest BCUT2D eigenvalue weighted by atomic mass is 10.0. The van der Waals surface area contributed by atoms with Crippen LogP contribution in [0.25, 0.3) is 0 Å². The van der Waals surface area contributed by atoms with Crippen LogP contribution < -0.4 is 0 Å². The number of nitrogens with one attached hydrogen (secondary N) is 1. The predicted molar refractivity (Wildman–Crippen MR) is 57.4 cm³/mol. The molecule has 0 fully saturated rings. The van der Waals surface area contributed by atoms with Gasteiger partial charge in [-0.25, -0.2) is 0 Å². The second kappa shape index (κ2) is 4.01. The average Bonchev–Trinajstić information content (AvgIpc) is 2.06. The Balaban J connectivity index is 3.11. The third-order valence-electron chi connectivity index (χ3n) is 2.23. The van der Waals surface area contributed by atoms with Crippen LogP contribution in [0.3, 0.4) is 0 Å². The molecule has 0 unspecified atom stereocenters. The van der Waals surface area contributed by atoms with Crippen molar-refractivity contribution in [2.45, 2.75) is 34.1 Å². The lowest BCUT2D eigenvalue weighted by Gasteiger charge is -2.08. The molecule has 1 N–H and O–H groups in total. The molecule has 0 spiro atoms. The van der Waals surface area contributed by atoms with Crippen molar-refractivity contribution in [1.29, 1.82) is 0 Å². The van der Waals surface area contributed by atoms with Crippen LogP contribution in [0.15, 0.2) is 0 Å². The van der Waals surface area contributed by atoms with Crippen LogP contribution in [0.5, 0.6) is 0 Å². The maximum Gasteiger partial charge on any atom is 0.122 e. The normalized spacial score (nSPS) is 10.8. The summed E-state index contributed by atoms with van der Waals surface area (Å²) in [5, 5.41) is 7.13. The van der Waals surface area contributed by atoms with E-state index in [1.165, 1.54) is 5.56 Å². The van der Waals surface area contributed by atoms with E-state index in [0.29, 0.717) is 5.92 Å². The molecule has 0 saturated heterocycles. The number of H-pyrrole nitrogens is 1. The Hall–Kier alpha value is -0.700. The largest absolute Gasteiger partial charge is 0.267 e. The molecule has 13 heavy (non-hydrogen) atoms. The van der Waals surface area contributed by atoms with Gasteiger partial charge >= 0.3 is 0 Å². The van der Waals surface area contributed by atoms with Gasteiger partial charge in [0, 0.05) is 0 Å². The third-order valence-corrected chi connectivity index (χ3v) is 2.63. The van der Waals surface area contributed by atoms with Crippen molar-refractivity contribution in [1.82, 2.24) is 10.2 Å². The van der Waals surface area contributed by atoms with Crippen LogP contribution in [0.2, 0.25) is 0 Å². The fourth-order valence-corrected chi connectivity index (χ4v) is 1.46. The van der Waals surface area contributed by atoms with E-state index in [-0.39, 0.29) is 0 Å². The molecule has 1 aromatic heterocycles. The number of nitrogens with zero attached hydrogens (tertiary/aromatic N) is 1. The molecule has 1 aromatic rings. The lowest BCUT2D eigenvalue weighted by molar-refractivity contribution is 0.623. The van der Waals surface area contributed by atoms with Gasteiger partial charge in [-0.1, -0.05) is 26.1 Å². The van der Waals surface area contributed by atoms with E-state index in [0.717, 1.165) is 22.3 Å². The van der Waals surface area contributed by atoms with E-state index < -0.39 is 0 Å². The highest BCUT2D eigenvalue weighted by Crippen LogP contribution is 2.13. The van der Waals surface area contributed by atoms with Gasteiger partial charge in [0.15, 0.2) is 0 Å². The smallest absolute Gasteiger partial charge is 0.122 e. The first-order valence-electron chi connectivity index (χ1n) is 4.57. The zero-order valence-corrected chi connectivity index (χ0v) is 9.46. The summed E-state index contributed by atoms with van der Waals surface area (Å²) in [7, 11) is 0. The Bertz CT molecular complexity index is 352. The summed E-state index contributed by atoms with van der Waals surface area (Å²) in [6.45, 7) is 8.51. The Labute approximate surface area is 84.4 Å². The molecule has 0 aromatic carbocycles. The van der Waals surface area contributed by atoms with Crippen molar-refractivity contribution in [2.75, 3.05) is 0 Å². The molecule has 0 saturated carbocycles. The van der Waals surface area contributed by atoms with Crippen LogP contribution in [0, 0.1) is 24.4 Å². The maximum atomic E-state index is 5.10. The molecule has 72 valence electrons. The second-order valence-corrected chi connectivity index (χ2v) is 4.26. The lowest BCUT2D eigenvalue weighted by Crippen LogP contribution is -2.04. The molecule has 0 radical (unpaired) electrons. The maximum absolute atomic E-state index is 5.10. The number of aromatic amines is 1. The molecule has 2 nitrogen and oxygen atoms in total. The van der Waals surface area contributed by atoms with Gasteiger partial charge in [-0.15, -0.1) is 0 Å². The van der Waals surface area contributed by atoms with E-state index in [4.69, 9.17) is 12.2 Å². The van der Waals surface area contributed by atoms with Gasteiger partial charge in [0.2, 0.25) is 0 Å². The Morgan fingerprint density at radius 1 is 1.31 bits per heavy atom. The molecular weight excluding hydrogens is 180 g/mol. The predicted octanol–water partition coefficient (Wildman–Crippen LogP) is 2.95. The van der Waals surface area contributed by atoms with E-state index in [2.05, 4.69) is 31.0 Å². The first kappa shape index (κ1) is 10.4. The molecular formula is C10H16N2S. The van der Waals surface area contributed by atoms with Gasteiger partial charge in [0.05, 0.1) is 5.69 Å². The SMILES string of the molecule is Cc1c(CC(C)C)n[nH]c(=S)c1C. The van der Waals surface area contributed by atoms with Crippen LogP contribution in [-0.4, -0.2) is 10.2 Å². The van der Waals surface area contributed by atoms with Gasteiger partial charge in [0.1, 0.15) is 4.64 Å². The van der Waals surface area contributed by atoms with Crippen molar-refractivity contribution in [2.24, 2.45) is 5.92 Å². The number of rotatable bonds is 2. The zero-order chi connectivity index (χ0) is 10.0. The standard InChI is InChI=1S/C10H16N2S/c1-6(2)5-9-7(3)8(4)10(13)12-11-9/h6H,5H2,1-4H3,(H,12,13). The molecule has 0 aliphatic carbocycles. The van der Waals surface area contributed by atoms with E-state index in [1.54, 1.807) is 0 Å². The van der Waals surface area contributed by atoms with E-state index in [1.807, 2.05) is 6.92 Å². The molecule has 1 heterocycles. The topological polar surface area (TPSA) is 28.7 Å². The number of aromatic nitrogens is 2. The minimum Gasteiger partial charge on any atom is -0.267 e. The summed E-state index contributed by atoms with van der Waals surface area (Å²) in [5.41, 5.74) is 3.53. The van der Waals surface area contributed by atoms with Gasteiger partial charge in [-0.3, -0.25) is 5.10 Å². The van der Waals surface area contributed by atoms with E-state index in [9.17, 15) is 0 Å². The van der Waals surface area contributed by atoms with Crippen molar-refractivity contribution in [3.63, 3.8) is 0 Å². The molecule has 1 rings (SSSR count). The van der Waals surface area contributed by atoms with Crippen LogP contribution in [-0.2, 0) is 6.42 Å². The fourth-order valence-electron chi connectivity index (χ4n) is 1.26. The fraction of sp³-hybridized carbons (Fsp3) is 0.600. The number of hydrogen-bond acceptors (Lipinski definition) is 2. The first-order chi connectivity index (χ1) is 6.02. The first-order valence-corrected chi connectivity index (χ1v) is 4.98. The quantitative estimate of drug-likeness (QED) is 0.737. The number of hydrogen-bond donors (Lipinski definition) is 1. The summed E-state index contributed by atoms with van der Waals surface area (Å²) in [5.74, 6) is 0.634. The Morgan fingerprint density at radius 3 is 2.46 bits per heavy atom. The summed E-state index contributed by atoms with van der Waals surface area (Å²) in [6.07, 6.45) is 1.01. The third kappa shape index (κ3) is 2.37. The summed E-state index contributed by atoms with van der Waals surface area (Å²) in [6, 6.07) is 0. The van der Waals surface area contributed by atoms with Crippen molar-refractivity contribution >= 4 is 12.2 Å². The van der Waals surface area contributed by atoms with Crippen molar-refractivity contribution < 1.29 is 0 Å². The molecule has 0 amide bonds. The Morgan fingerprint density at radius 2 is 1.92 bits per heavy atom. The van der Waals surface area contributed by atoms with Gasteiger partial charge < -0.3 is 0 Å². The van der Waals surface area contributed by atoms with Crippen LogP contribution in [0.4, 0.5) is 0 Å². The minimum atomic E-state index is 0.634. The van der Waals surface area contributed by atoms with Crippen LogP contribution >= 0.6 is 12.2 Å². The highest BCUT2D eigenvalue weighted by atomic mass is 32.1. The highest BCUT2D eigenvalue weighted by molar-refractivity contribution is 7.71. The van der Waals surface area contributed by atoms with Gasteiger partial charge in [-0.05, 0) is 37.3 Å². The highest BCUT2D eigenvalue weighted by Gasteiger charge is 2.06. The summed E-state index contributed by atoms with van der Waals surface area (Å²) >= 11 is 5.10. The molecule has 0 bridgehead atoms. The zero-order valence-electron chi connectivity index (χ0n) is 8.64. The average molecular weight is 196 g/mol. The van der Waals surface area contributed by atoms with E-state index >= 15 is 0 Å². The summed E-state index contributed by atoms with van der Waals surface area (Å²) < 4.78 is 0.755. The van der Waals surface area contributed by atoms with Gasteiger partial charge in [-0.2, -0.15) is 5.10 Å². The summed E-state index contributed by atoms with van der Waals surface area (Å²) in [4.78, 5) is 0. The second-order valence-electron chi connectivity index (χ2n) is 3.85. The molecule has 0 atom stereocenters. The minimum absolute atomic E-state index is 0.634. The molecule has 0 aliphatic heterocycles. The van der Waals surface area contributed by atoms with Crippen LogP contribution in [0.1, 0.15) is 30.7 Å². The van der Waals surface area contributed by atoms with Crippen molar-refractivity contribution in [3.05, 3.63) is 21.5 Å². The van der Waals surface area contributed by atoms with Gasteiger partial charge in [0.25, 0.3) is 0 Å². The Kier molecular flexibility index (Phi) is 3.20.